The molecular formula is C27H22F4O. The van der Waals surface area contributed by atoms with Gasteiger partial charge < -0.3 is 4.74 Å². The first kappa shape index (κ1) is 21.9. The lowest BCUT2D eigenvalue weighted by atomic mass is 9.97. The van der Waals surface area contributed by atoms with E-state index >= 15 is 0 Å². The van der Waals surface area contributed by atoms with Gasteiger partial charge in [0.1, 0.15) is 11.6 Å². The molecule has 164 valence electrons. The molecule has 0 aliphatic rings. The Morgan fingerprint density at radius 2 is 1.38 bits per heavy atom. The van der Waals surface area contributed by atoms with Crippen LogP contribution in [0.3, 0.4) is 0 Å². The second kappa shape index (κ2) is 9.03. The maximum absolute atomic E-state index is 14.6. The molecule has 0 fully saturated rings. The van der Waals surface area contributed by atoms with Gasteiger partial charge >= 0.3 is 6.36 Å². The normalized spacial score (nSPS) is 11.7. The molecule has 0 unspecified atom stereocenters. The van der Waals surface area contributed by atoms with Crippen molar-refractivity contribution >= 4 is 10.8 Å². The Morgan fingerprint density at radius 1 is 0.719 bits per heavy atom. The average Bonchev–Trinajstić information content (AvgIpc) is 2.76. The zero-order valence-corrected chi connectivity index (χ0v) is 17.5. The summed E-state index contributed by atoms with van der Waals surface area (Å²) in [6.45, 7) is 2.11. The Labute approximate surface area is 184 Å². The number of fused-ring (bicyclic) bond motifs is 1. The maximum Gasteiger partial charge on any atom is 0.573 e. The molecule has 0 N–H and O–H groups in total. The predicted octanol–water partition coefficient (Wildman–Crippen LogP) is 8.55. The fourth-order valence-electron chi connectivity index (χ4n) is 3.77. The number of ether oxygens (including phenoxy) is 1. The van der Waals surface area contributed by atoms with Gasteiger partial charge in [-0.15, -0.1) is 13.2 Å². The highest BCUT2D eigenvalue weighted by Crippen LogP contribution is 2.31. The van der Waals surface area contributed by atoms with Gasteiger partial charge in [-0.2, -0.15) is 0 Å². The van der Waals surface area contributed by atoms with Crippen molar-refractivity contribution in [2.24, 2.45) is 0 Å². The highest BCUT2D eigenvalue weighted by molar-refractivity contribution is 5.88. The fourth-order valence-corrected chi connectivity index (χ4v) is 3.77. The van der Waals surface area contributed by atoms with Crippen LogP contribution in [0, 0.1) is 5.82 Å². The van der Waals surface area contributed by atoms with Crippen LogP contribution in [-0.4, -0.2) is 6.36 Å². The predicted molar refractivity (Wildman–Crippen MR) is 120 cm³/mol. The Kier molecular flexibility index (Phi) is 6.17. The zero-order valence-electron chi connectivity index (χ0n) is 17.5. The highest BCUT2D eigenvalue weighted by Gasteiger charge is 2.31. The number of alkyl halides is 3. The van der Waals surface area contributed by atoms with E-state index in [1.807, 2.05) is 48.5 Å². The molecule has 0 radical (unpaired) electrons. The Hall–Kier alpha value is -3.34. The minimum atomic E-state index is -4.72. The highest BCUT2D eigenvalue weighted by atomic mass is 19.4. The van der Waals surface area contributed by atoms with Crippen molar-refractivity contribution in [1.82, 2.24) is 0 Å². The number of rotatable bonds is 6. The summed E-state index contributed by atoms with van der Waals surface area (Å²) in [7, 11) is 0. The van der Waals surface area contributed by atoms with Gasteiger partial charge in [-0.1, -0.05) is 67.9 Å². The number of hydrogen-bond donors (Lipinski definition) is 0. The summed E-state index contributed by atoms with van der Waals surface area (Å²) in [5.74, 6) is -0.473. The lowest BCUT2D eigenvalue weighted by Crippen LogP contribution is -2.16. The SMILES string of the molecule is CCCCc1ccc(-c2ccc(-c3ccc4cc(OC(F)(F)F)ccc4c3)cc2)c(F)c1. The van der Waals surface area contributed by atoms with Crippen molar-refractivity contribution in [3.63, 3.8) is 0 Å². The summed E-state index contributed by atoms with van der Waals surface area (Å²) in [6, 6.07) is 22.8. The van der Waals surface area contributed by atoms with Gasteiger partial charge in [0.25, 0.3) is 0 Å². The van der Waals surface area contributed by atoms with Gasteiger partial charge in [0.05, 0.1) is 0 Å². The Bertz CT molecular complexity index is 1230. The molecule has 0 aromatic heterocycles. The second-order valence-electron chi connectivity index (χ2n) is 7.77. The lowest BCUT2D eigenvalue weighted by Gasteiger charge is -2.11. The van der Waals surface area contributed by atoms with E-state index in [1.54, 1.807) is 18.2 Å². The molecule has 0 amide bonds. The quantitative estimate of drug-likeness (QED) is 0.274. The molecule has 0 aliphatic carbocycles. The van der Waals surface area contributed by atoms with Crippen molar-refractivity contribution < 1.29 is 22.3 Å². The second-order valence-corrected chi connectivity index (χ2v) is 7.77. The van der Waals surface area contributed by atoms with E-state index < -0.39 is 6.36 Å². The van der Waals surface area contributed by atoms with Crippen molar-refractivity contribution in [3.05, 3.63) is 90.2 Å². The average molecular weight is 438 g/mol. The van der Waals surface area contributed by atoms with Gasteiger partial charge in [0.15, 0.2) is 0 Å². The Morgan fingerprint density at radius 3 is 2.06 bits per heavy atom. The van der Waals surface area contributed by atoms with Crippen molar-refractivity contribution in [2.75, 3.05) is 0 Å². The summed E-state index contributed by atoms with van der Waals surface area (Å²) in [5.41, 5.74) is 4.22. The van der Waals surface area contributed by atoms with Crippen LogP contribution in [0.2, 0.25) is 0 Å². The van der Waals surface area contributed by atoms with Gasteiger partial charge in [-0.3, -0.25) is 0 Å². The first-order valence-electron chi connectivity index (χ1n) is 10.5. The standard InChI is InChI=1S/C27H22F4O/c1-2-3-4-18-5-14-25(26(28)15-18)20-8-6-19(7-9-20)21-10-11-23-17-24(32-27(29,30)31)13-12-22(23)16-21/h5-17H,2-4H2,1H3. The molecule has 0 aliphatic heterocycles. The first-order chi connectivity index (χ1) is 15.3. The minimum Gasteiger partial charge on any atom is -0.406 e. The van der Waals surface area contributed by atoms with Crippen LogP contribution in [0.5, 0.6) is 5.75 Å². The third-order valence-electron chi connectivity index (χ3n) is 5.43. The van der Waals surface area contributed by atoms with Crippen molar-refractivity contribution in [3.8, 4) is 28.0 Å². The molecule has 0 heterocycles. The first-order valence-corrected chi connectivity index (χ1v) is 10.5. The molecule has 0 saturated heterocycles. The smallest absolute Gasteiger partial charge is 0.406 e. The number of unbranched alkanes of at least 4 members (excludes halogenated alkanes) is 1. The lowest BCUT2D eigenvalue weighted by molar-refractivity contribution is -0.274. The van der Waals surface area contributed by atoms with Crippen LogP contribution in [-0.2, 0) is 6.42 Å². The topological polar surface area (TPSA) is 9.23 Å². The van der Waals surface area contributed by atoms with Crippen LogP contribution in [0.15, 0.2) is 78.9 Å². The summed E-state index contributed by atoms with van der Waals surface area (Å²) in [6.07, 6.45) is -1.74. The van der Waals surface area contributed by atoms with Crippen LogP contribution >= 0.6 is 0 Å². The van der Waals surface area contributed by atoms with Crippen LogP contribution in [0.25, 0.3) is 33.0 Å². The summed E-state index contributed by atoms with van der Waals surface area (Å²) < 4.78 is 55.9. The Balaban J connectivity index is 1.56. The number of hydrogen-bond acceptors (Lipinski definition) is 1. The van der Waals surface area contributed by atoms with E-state index in [9.17, 15) is 17.6 Å². The van der Waals surface area contributed by atoms with Gasteiger partial charge in [-0.25, -0.2) is 4.39 Å². The molecule has 0 saturated carbocycles. The van der Waals surface area contributed by atoms with Crippen molar-refractivity contribution in [2.45, 2.75) is 32.5 Å². The maximum atomic E-state index is 14.6. The van der Waals surface area contributed by atoms with E-state index in [1.165, 1.54) is 12.1 Å². The van der Waals surface area contributed by atoms with E-state index in [2.05, 4.69) is 11.7 Å². The molecule has 0 bridgehead atoms. The molecule has 1 nitrogen and oxygen atoms in total. The summed E-state index contributed by atoms with van der Waals surface area (Å²) >= 11 is 0. The van der Waals surface area contributed by atoms with Crippen LogP contribution in [0.4, 0.5) is 17.6 Å². The molecule has 4 aromatic rings. The number of halogens is 4. The fraction of sp³-hybridized carbons (Fsp3) is 0.185. The molecule has 5 heteroatoms. The molecule has 4 rings (SSSR count). The molecule has 4 aromatic carbocycles. The van der Waals surface area contributed by atoms with Crippen LogP contribution < -0.4 is 4.74 Å². The largest absolute Gasteiger partial charge is 0.573 e. The summed E-state index contributed by atoms with van der Waals surface area (Å²) in [5, 5.41) is 1.45. The van der Waals surface area contributed by atoms with Gasteiger partial charge in [-0.05, 0) is 70.1 Å². The zero-order chi connectivity index (χ0) is 22.7. The van der Waals surface area contributed by atoms with E-state index in [0.29, 0.717) is 10.9 Å². The van der Waals surface area contributed by atoms with Crippen LogP contribution in [0.1, 0.15) is 25.3 Å². The van der Waals surface area contributed by atoms with E-state index in [4.69, 9.17) is 0 Å². The van der Waals surface area contributed by atoms with E-state index in [-0.39, 0.29) is 11.6 Å². The monoisotopic (exact) mass is 438 g/mol. The number of benzene rings is 4. The summed E-state index contributed by atoms with van der Waals surface area (Å²) in [4.78, 5) is 0. The number of aryl methyl sites for hydroxylation is 1. The van der Waals surface area contributed by atoms with Crippen molar-refractivity contribution in [1.29, 1.82) is 0 Å². The van der Waals surface area contributed by atoms with Gasteiger partial charge in [0, 0.05) is 5.56 Å². The third-order valence-corrected chi connectivity index (χ3v) is 5.43. The molecule has 0 spiro atoms. The molecule has 0 atom stereocenters. The minimum absolute atomic E-state index is 0.228. The molecule has 32 heavy (non-hydrogen) atoms. The third kappa shape index (κ3) is 5.10. The molecular weight excluding hydrogens is 416 g/mol. The van der Waals surface area contributed by atoms with Gasteiger partial charge in [0.2, 0.25) is 0 Å². The van der Waals surface area contributed by atoms with E-state index in [0.717, 1.165) is 46.9 Å².